The molecule has 0 aliphatic carbocycles. The van der Waals surface area contributed by atoms with E-state index < -0.39 is 6.04 Å². The zero-order valence-corrected chi connectivity index (χ0v) is 15.9. The molecule has 1 aliphatic heterocycles. The van der Waals surface area contributed by atoms with E-state index in [0.29, 0.717) is 26.3 Å². The van der Waals surface area contributed by atoms with E-state index in [1.54, 1.807) is 16.8 Å². The summed E-state index contributed by atoms with van der Waals surface area (Å²) in [5.74, 6) is -0.0690. The Balaban J connectivity index is 1.96. The number of hydrogen-bond acceptors (Lipinski definition) is 4. The molecule has 138 valence electrons. The number of likely N-dealkylation sites (N-methyl/N-ethyl adjacent to an activating group) is 1. The summed E-state index contributed by atoms with van der Waals surface area (Å²) in [5, 5.41) is 3.01. The number of nitrogens with zero attached hydrogens (tertiary/aromatic N) is 2. The van der Waals surface area contributed by atoms with Gasteiger partial charge >= 0.3 is 0 Å². The SMILES string of the molecule is Cc1cc(C)c(NC(=O)[C@@H](C)N(C)CC(=O)N2CCOCC2)c(C)c1. The van der Waals surface area contributed by atoms with E-state index in [2.05, 4.69) is 17.4 Å². The zero-order valence-electron chi connectivity index (χ0n) is 15.9. The number of benzene rings is 1. The second-order valence-electron chi connectivity index (χ2n) is 6.85. The van der Waals surface area contributed by atoms with Gasteiger partial charge in [-0.25, -0.2) is 0 Å². The van der Waals surface area contributed by atoms with Crippen LogP contribution >= 0.6 is 0 Å². The monoisotopic (exact) mass is 347 g/mol. The molecular weight excluding hydrogens is 318 g/mol. The first-order valence-corrected chi connectivity index (χ1v) is 8.74. The molecule has 0 radical (unpaired) electrons. The lowest BCUT2D eigenvalue weighted by atomic mass is 10.0. The molecule has 0 spiro atoms. The summed E-state index contributed by atoms with van der Waals surface area (Å²) in [6.07, 6.45) is 0. The molecule has 1 aliphatic rings. The number of carbonyl (C=O) groups is 2. The lowest BCUT2D eigenvalue weighted by Gasteiger charge is -2.30. The van der Waals surface area contributed by atoms with Crippen LogP contribution < -0.4 is 5.32 Å². The molecule has 1 aromatic rings. The van der Waals surface area contributed by atoms with Gasteiger partial charge in [-0.2, -0.15) is 0 Å². The van der Waals surface area contributed by atoms with E-state index >= 15 is 0 Å². The van der Waals surface area contributed by atoms with Crippen molar-refractivity contribution < 1.29 is 14.3 Å². The number of amides is 2. The van der Waals surface area contributed by atoms with Crippen molar-refractivity contribution in [3.63, 3.8) is 0 Å². The maximum Gasteiger partial charge on any atom is 0.241 e. The van der Waals surface area contributed by atoms with E-state index in [0.717, 1.165) is 16.8 Å². The highest BCUT2D eigenvalue weighted by Gasteiger charge is 2.24. The van der Waals surface area contributed by atoms with Crippen molar-refractivity contribution in [3.8, 4) is 0 Å². The van der Waals surface area contributed by atoms with Crippen molar-refractivity contribution in [2.45, 2.75) is 33.7 Å². The first-order valence-electron chi connectivity index (χ1n) is 8.74. The maximum atomic E-state index is 12.6. The van der Waals surface area contributed by atoms with Gasteiger partial charge in [-0.1, -0.05) is 17.7 Å². The molecule has 2 amide bonds. The van der Waals surface area contributed by atoms with Gasteiger partial charge < -0.3 is 15.0 Å². The lowest BCUT2D eigenvalue weighted by molar-refractivity contribution is -0.137. The molecule has 0 saturated carbocycles. The molecule has 1 atom stereocenters. The third kappa shape index (κ3) is 5.03. The lowest BCUT2D eigenvalue weighted by Crippen LogP contribution is -2.48. The third-order valence-electron chi connectivity index (χ3n) is 4.71. The van der Waals surface area contributed by atoms with Crippen LogP contribution in [0.25, 0.3) is 0 Å². The molecule has 0 bridgehead atoms. The van der Waals surface area contributed by atoms with Gasteiger partial charge in [-0.15, -0.1) is 0 Å². The van der Waals surface area contributed by atoms with Gasteiger partial charge in [0.1, 0.15) is 0 Å². The zero-order chi connectivity index (χ0) is 18.6. The fourth-order valence-corrected chi connectivity index (χ4v) is 3.07. The summed E-state index contributed by atoms with van der Waals surface area (Å²) in [4.78, 5) is 28.5. The van der Waals surface area contributed by atoms with Gasteiger partial charge in [0.05, 0.1) is 25.8 Å². The molecule has 1 aromatic carbocycles. The number of rotatable bonds is 5. The van der Waals surface area contributed by atoms with Crippen molar-refractivity contribution >= 4 is 17.5 Å². The minimum atomic E-state index is -0.398. The van der Waals surface area contributed by atoms with E-state index in [9.17, 15) is 9.59 Å². The topological polar surface area (TPSA) is 61.9 Å². The molecule has 6 heteroatoms. The standard InChI is InChI=1S/C19H29N3O3/c1-13-10-14(2)18(15(3)11-13)20-19(24)16(4)21(5)12-17(23)22-6-8-25-9-7-22/h10-11,16H,6-9,12H2,1-5H3,(H,20,24)/t16-/m1/s1. The smallest absolute Gasteiger partial charge is 0.241 e. The predicted molar refractivity (Wildman–Crippen MR) is 98.8 cm³/mol. The maximum absolute atomic E-state index is 12.6. The molecule has 25 heavy (non-hydrogen) atoms. The third-order valence-corrected chi connectivity index (χ3v) is 4.71. The van der Waals surface area contributed by atoms with E-state index in [-0.39, 0.29) is 18.4 Å². The Hall–Kier alpha value is -1.92. The van der Waals surface area contributed by atoms with Crippen molar-refractivity contribution in [3.05, 3.63) is 28.8 Å². The number of nitrogens with one attached hydrogen (secondary N) is 1. The molecule has 0 aromatic heterocycles. The van der Waals surface area contributed by atoms with Gasteiger partial charge in [-0.3, -0.25) is 14.5 Å². The van der Waals surface area contributed by atoms with Crippen molar-refractivity contribution in [2.75, 3.05) is 45.2 Å². The van der Waals surface area contributed by atoms with Gasteiger partial charge in [-0.05, 0) is 45.9 Å². The fourth-order valence-electron chi connectivity index (χ4n) is 3.07. The average molecular weight is 347 g/mol. The van der Waals surface area contributed by atoms with E-state index in [1.807, 2.05) is 27.7 Å². The number of morpholine rings is 1. The van der Waals surface area contributed by atoms with Crippen molar-refractivity contribution in [1.82, 2.24) is 9.80 Å². The number of carbonyl (C=O) groups excluding carboxylic acids is 2. The number of ether oxygens (including phenoxy) is 1. The van der Waals surface area contributed by atoms with E-state index in [1.165, 1.54) is 5.56 Å². The van der Waals surface area contributed by atoms with Crippen LogP contribution in [0.1, 0.15) is 23.6 Å². The summed E-state index contributed by atoms with van der Waals surface area (Å²) >= 11 is 0. The normalized spacial score (nSPS) is 16.0. The Morgan fingerprint density at radius 2 is 1.76 bits per heavy atom. The fraction of sp³-hybridized carbons (Fsp3) is 0.579. The van der Waals surface area contributed by atoms with Gasteiger partial charge in [0.2, 0.25) is 11.8 Å². The first-order chi connectivity index (χ1) is 11.8. The van der Waals surface area contributed by atoms with Crippen molar-refractivity contribution in [1.29, 1.82) is 0 Å². The molecule has 1 fully saturated rings. The summed E-state index contributed by atoms with van der Waals surface area (Å²) in [6, 6.07) is 3.71. The van der Waals surface area contributed by atoms with Crippen LogP contribution in [-0.4, -0.2) is 67.6 Å². The first kappa shape index (κ1) is 19.4. The second kappa shape index (κ2) is 8.45. The van der Waals surface area contributed by atoms with Crippen LogP contribution in [-0.2, 0) is 14.3 Å². The summed E-state index contributed by atoms with van der Waals surface area (Å²) < 4.78 is 5.27. The van der Waals surface area contributed by atoms with Crippen LogP contribution in [0.15, 0.2) is 12.1 Å². The minimum Gasteiger partial charge on any atom is -0.378 e. The summed E-state index contributed by atoms with van der Waals surface area (Å²) in [6.45, 7) is 10.5. The predicted octanol–water partition coefficient (Wildman–Crippen LogP) is 1.73. The van der Waals surface area contributed by atoms with Crippen LogP contribution in [0, 0.1) is 20.8 Å². The molecule has 2 rings (SSSR count). The Kier molecular flexibility index (Phi) is 6.56. The number of anilines is 1. The molecule has 0 unspecified atom stereocenters. The highest BCUT2D eigenvalue weighted by molar-refractivity contribution is 5.96. The van der Waals surface area contributed by atoms with Crippen LogP contribution in [0.2, 0.25) is 0 Å². The Morgan fingerprint density at radius 1 is 1.20 bits per heavy atom. The van der Waals surface area contributed by atoms with Crippen LogP contribution in [0.5, 0.6) is 0 Å². The molecular formula is C19H29N3O3. The quantitative estimate of drug-likeness (QED) is 0.881. The van der Waals surface area contributed by atoms with Gasteiger partial charge in [0, 0.05) is 18.8 Å². The average Bonchev–Trinajstić information content (AvgIpc) is 2.57. The van der Waals surface area contributed by atoms with E-state index in [4.69, 9.17) is 4.74 Å². The Labute approximate surface area is 150 Å². The highest BCUT2D eigenvalue weighted by Crippen LogP contribution is 2.22. The number of hydrogen-bond donors (Lipinski definition) is 1. The van der Waals surface area contributed by atoms with Crippen LogP contribution in [0.3, 0.4) is 0 Å². The minimum absolute atomic E-state index is 0.0353. The second-order valence-corrected chi connectivity index (χ2v) is 6.85. The number of aryl methyl sites for hydroxylation is 3. The molecule has 1 saturated heterocycles. The largest absolute Gasteiger partial charge is 0.378 e. The van der Waals surface area contributed by atoms with Crippen LogP contribution in [0.4, 0.5) is 5.69 Å². The van der Waals surface area contributed by atoms with Gasteiger partial charge in [0.15, 0.2) is 0 Å². The van der Waals surface area contributed by atoms with Gasteiger partial charge in [0.25, 0.3) is 0 Å². The Bertz CT molecular complexity index is 616. The molecule has 6 nitrogen and oxygen atoms in total. The molecule has 1 N–H and O–H groups in total. The summed E-state index contributed by atoms with van der Waals surface area (Å²) in [5.41, 5.74) is 4.12. The summed E-state index contributed by atoms with van der Waals surface area (Å²) in [7, 11) is 1.80. The highest BCUT2D eigenvalue weighted by atomic mass is 16.5. The van der Waals surface area contributed by atoms with Crippen molar-refractivity contribution in [2.24, 2.45) is 0 Å². The Morgan fingerprint density at radius 3 is 2.32 bits per heavy atom. The molecule has 1 heterocycles.